The maximum atomic E-state index is 9.50. The minimum absolute atomic E-state index is 0.176. The van der Waals surface area contributed by atoms with Gasteiger partial charge in [-0.3, -0.25) is 0 Å². The Kier molecular flexibility index (Phi) is 7.15. The van der Waals surface area contributed by atoms with Gasteiger partial charge in [-0.2, -0.15) is 5.26 Å². The predicted octanol–water partition coefficient (Wildman–Crippen LogP) is 11.5. The van der Waals surface area contributed by atoms with Gasteiger partial charge < -0.3 is 0 Å². The van der Waals surface area contributed by atoms with Crippen molar-refractivity contribution in [2.45, 2.75) is 19.3 Å². The average Bonchev–Trinajstić information content (AvgIpc) is 3.42. The van der Waals surface area contributed by atoms with Crippen molar-refractivity contribution in [3.63, 3.8) is 0 Å². The molecule has 0 amide bonds. The van der Waals surface area contributed by atoms with Gasteiger partial charge in [0.15, 0.2) is 17.5 Å². The lowest BCUT2D eigenvalue weighted by molar-refractivity contribution is 0.660. The molecule has 0 saturated heterocycles. The van der Waals surface area contributed by atoms with Gasteiger partial charge in [-0.05, 0) is 85.6 Å². The number of rotatable bonds is 5. The fourth-order valence-corrected chi connectivity index (χ4v) is 7.34. The van der Waals surface area contributed by atoms with Crippen LogP contribution in [0.3, 0.4) is 0 Å². The van der Waals surface area contributed by atoms with Crippen molar-refractivity contribution in [1.29, 1.82) is 5.26 Å². The van der Waals surface area contributed by atoms with Gasteiger partial charge in [-0.25, -0.2) is 15.0 Å². The minimum Gasteiger partial charge on any atom is -0.208 e. The Hall–Kier alpha value is -6.70. The molecule has 8 aromatic rings. The summed E-state index contributed by atoms with van der Waals surface area (Å²) in [4.78, 5) is 14.7. The van der Waals surface area contributed by atoms with Crippen molar-refractivity contribution < 1.29 is 0 Å². The lowest BCUT2D eigenvalue weighted by Crippen LogP contribution is -2.15. The SMILES string of the molecule is CC1(C)c2cc(C#N)ccc2-c2ccc(-c3ccc(-c4ccc5ccc(-c6nc(-c7ccccc7)nc(-c7ccccc7)n6)cc5c4)cc3)cc21. The van der Waals surface area contributed by atoms with Crippen molar-refractivity contribution >= 4 is 10.8 Å². The number of hydrogen-bond acceptors (Lipinski definition) is 4. The van der Waals surface area contributed by atoms with E-state index in [2.05, 4.69) is 105 Å². The summed E-state index contributed by atoms with van der Waals surface area (Å²) in [6, 6.07) is 57.1. The molecular formula is C47H32N4. The number of nitriles is 1. The van der Waals surface area contributed by atoms with E-state index in [-0.39, 0.29) is 5.41 Å². The van der Waals surface area contributed by atoms with E-state index in [1.54, 1.807) is 0 Å². The summed E-state index contributed by atoms with van der Waals surface area (Å²) in [6.07, 6.45) is 0. The molecular weight excluding hydrogens is 621 g/mol. The van der Waals surface area contributed by atoms with Gasteiger partial charge in [0.25, 0.3) is 0 Å². The first-order chi connectivity index (χ1) is 24.9. The summed E-state index contributed by atoms with van der Waals surface area (Å²) in [6.45, 7) is 4.50. The first kappa shape index (κ1) is 30.4. The molecule has 0 fully saturated rings. The van der Waals surface area contributed by atoms with E-state index in [4.69, 9.17) is 15.0 Å². The fourth-order valence-electron chi connectivity index (χ4n) is 7.34. The summed E-state index contributed by atoms with van der Waals surface area (Å²) in [5.41, 5.74) is 13.0. The smallest absolute Gasteiger partial charge is 0.164 e. The van der Waals surface area contributed by atoms with Crippen LogP contribution in [0.5, 0.6) is 0 Å². The van der Waals surface area contributed by atoms with Crippen LogP contribution in [0.1, 0.15) is 30.5 Å². The quantitative estimate of drug-likeness (QED) is 0.186. The number of hydrogen-bond donors (Lipinski definition) is 0. The van der Waals surface area contributed by atoms with Crippen molar-refractivity contribution in [3.05, 3.63) is 174 Å². The predicted molar refractivity (Wildman–Crippen MR) is 207 cm³/mol. The van der Waals surface area contributed by atoms with Gasteiger partial charge in [0.1, 0.15) is 0 Å². The van der Waals surface area contributed by atoms with Crippen molar-refractivity contribution in [3.8, 4) is 73.6 Å². The van der Waals surface area contributed by atoms with E-state index in [1.165, 1.54) is 33.4 Å². The lowest BCUT2D eigenvalue weighted by Gasteiger charge is -2.22. The number of aromatic nitrogens is 3. The Balaban J connectivity index is 1.05. The maximum absolute atomic E-state index is 9.50. The lowest BCUT2D eigenvalue weighted by atomic mass is 9.81. The van der Waals surface area contributed by atoms with E-state index in [0.29, 0.717) is 23.0 Å². The molecule has 240 valence electrons. The van der Waals surface area contributed by atoms with Gasteiger partial charge in [0.05, 0.1) is 11.6 Å². The molecule has 0 aliphatic heterocycles. The molecule has 7 aromatic carbocycles. The van der Waals surface area contributed by atoms with Crippen LogP contribution in [0.2, 0.25) is 0 Å². The van der Waals surface area contributed by atoms with Crippen molar-refractivity contribution in [1.82, 2.24) is 15.0 Å². The van der Waals surface area contributed by atoms with Crippen LogP contribution in [0.15, 0.2) is 158 Å². The monoisotopic (exact) mass is 652 g/mol. The zero-order valence-corrected chi connectivity index (χ0v) is 28.3. The third-order valence-electron chi connectivity index (χ3n) is 10.2. The number of nitrogens with zero attached hydrogens (tertiary/aromatic N) is 4. The second-order valence-electron chi connectivity index (χ2n) is 13.6. The molecule has 0 N–H and O–H groups in total. The molecule has 51 heavy (non-hydrogen) atoms. The first-order valence-corrected chi connectivity index (χ1v) is 17.2. The largest absolute Gasteiger partial charge is 0.208 e. The Morgan fingerprint density at radius 3 is 1.45 bits per heavy atom. The molecule has 1 aliphatic rings. The molecule has 4 nitrogen and oxygen atoms in total. The standard InChI is InChI=1S/C47H32N4/c1-47(2)42-25-30(29-48)13-23-40(42)41-24-22-37(28-43(41)47)32-16-14-31(15-17-32)36-20-18-33-19-21-38(27-39(33)26-36)46-50-44(34-9-5-3-6-10-34)49-45(51-46)35-11-7-4-8-12-35/h3-28H,1-2H3. The summed E-state index contributed by atoms with van der Waals surface area (Å²) in [5.74, 6) is 1.95. The van der Waals surface area contributed by atoms with Crippen molar-refractivity contribution in [2.75, 3.05) is 0 Å². The zero-order chi connectivity index (χ0) is 34.5. The summed E-state index contributed by atoms with van der Waals surface area (Å²) in [7, 11) is 0. The molecule has 4 heteroatoms. The van der Waals surface area contributed by atoms with Crippen LogP contribution in [0.25, 0.3) is 78.3 Å². The third-order valence-corrected chi connectivity index (χ3v) is 10.2. The maximum Gasteiger partial charge on any atom is 0.164 e. The van der Waals surface area contributed by atoms with Crippen LogP contribution in [-0.4, -0.2) is 15.0 Å². The second-order valence-corrected chi connectivity index (χ2v) is 13.6. The summed E-state index contributed by atoms with van der Waals surface area (Å²) >= 11 is 0. The average molecular weight is 653 g/mol. The van der Waals surface area contributed by atoms with E-state index in [1.807, 2.05) is 72.8 Å². The van der Waals surface area contributed by atoms with E-state index < -0.39 is 0 Å². The highest BCUT2D eigenvalue weighted by Gasteiger charge is 2.35. The van der Waals surface area contributed by atoms with Gasteiger partial charge in [-0.1, -0.05) is 141 Å². The van der Waals surface area contributed by atoms with Crippen LogP contribution >= 0.6 is 0 Å². The molecule has 1 aliphatic carbocycles. The van der Waals surface area contributed by atoms with Gasteiger partial charge in [-0.15, -0.1) is 0 Å². The van der Waals surface area contributed by atoms with E-state index >= 15 is 0 Å². The minimum atomic E-state index is -0.176. The molecule has 0 radical (unpaired) electrons. The molecule has 1 aromatic heterocycles. The Morgan fingerprint density at radius 1 is 0.412 bits per heavy atom. The Bertz CT molecular complexity index is 2600. The van der Waals surface area contributed by atoms with Gasteiger partial charge in [0.2, 0.25) is 0 Å². The fraction of sp³-hybridized carbons (Fsp3) is 0.0638. The summed E-state index contributed by atoms with van der Waals surface area (Å²) in [5, 5.41) is 11.8. The molecule has 9 rings (SSSR count). The highest BCUT2D eigenvalue weighted by atomic mass is 15.0. The number of fused-ring (bicyclic) bond motifs is 4. The zero-order valence-electron chi connectivity index (χ0n) is 28.3. The van der Waals surface area contributed by atoms with Gasteiger partial charge >= 0.3 is 0 Å². The molecule has 1 heterocycles. The van der Waals surface area contributed by atoms with Crippen molar-refractivity contribution in [2.24, 2.45) is 0 Å². The van der Waals surface area contributed by atoms with Crippen LogP contribution in [0.4, 0.5) is 0 Å². The third kappa shape index (κ3) is 5.37. The van der Waals surface area contributed by atoms with Crippen LogP contribution in [-0.2, 0) is 5.41 Å². The molecule has 0 spiro atoms. The molecule has 0 unspecified atom stereocenters. The summed E-state index contributed by atoms with van der Waals surface area (Å²) < 4.78 is 0. The second kappa shape index (κ2) is 12.0. The topological polar surface area (TPSA) is 62.5 Å². The normalized spacial score (nSPS) is 12.6. The molecule has 0 bridgehead atoms. The highest BCUT2D eigenvalue weighted by Crippen LogP contribution is 2.50. The molecule has 0 atom stereocenters. The number of benzene rings is 7. The Morgan fingerprint density at radius 2 is 0.863 bits per heavy atom. The first-order valence-electron chi connectivity index (χ1n) is 17.2. The molecule has 0 saturated carbocycles. The van der Waals surface area contributed by atoms with Crippen LogP contribution < -0.4 is 0 Å². The highest BCUT2D eigenvalue weighted by molar-refractivity contribution is 5.91. The van der Waals surface area contributed by atoms with Crippen LogP contribution in [0, 0.1) is 11.3 Å². The van der Waals surface area contributed by atoms with Gasteiger partial charge in [0, 0.05) is 22.1 Å². The van der Waals surface area contributed by atoms with E-state index in [9.17, 15) is 5.26 Å². The van der Waals surface area contributed by atoms with E-state index in [0.717, 1.165) is 38.6 Å². The Labute approximate surface area is 297 Å².